The van der Waals surface area contributed by atoms with Crippen molar-refractivity contribution in [3.63, 3.8) is 0 Å². The van der Waals surface area contributed by atoms with Crippen molar-refractivity contribution in [2.24, 2.45) is 0 Å². The van der Waals surface area contributed by atoms with Crippen LogP contribution in [0.4, 0.5) is 29.3 Å². The van der Waals surface area contributed by atoms with E-state index in [2.05, 4.69) is 15.6 Å². The molecular formula is C25H25ClF3N3O3S. The number of benzene rings is 2. The number of amides is 2. The SMILES string of the molecule is COCCCOc1ccnc(CSc2ccc(NC(=O)Nc3ccc(Cl)c(C(F)(F)F)c3)cc2)c1C. The molecule has 0 fully saturated rings. The van der Waals surface area contributed by atoms with Gasteiger partial charge in [0.25, 0.3) is 0 Å². The first-order valence-corrected chi connectivity index (χ1v) is 12.3. The third kappa shape index (κ3) is 8.04. The van der Waals surface area contributed by atoms with Crippen LogP contribution in [0.1, 0.15) is 23.2 Å². The summed E-state index contributed by atoms with van der Waals surface area (Å²) in [5.74, 6) is 1.43. The molecule has 1 aromatic heterocycles. The molecule has 0 aliphatic heterocycles. The van der Waals surface area contributed by atoms with Gasteiger partial charge in [0.05, 0.1) is 22.9 Å². The molecule has 0 spiro atoms. The normalized spacial score (nSPS) is 11.3. The molecular weight excluding hydrogens is 515 g/mol. The standard InChI is InChI=1S/C25H25ClF3N3O3S/c1-16-22(30-11-10-23(16)35-13-3-12-34-2)15-36-19-7-4-17(5-8-19)31-24(33)32-18-6-9-21(26)20(14-18)25(27,28)29/h4-11,14H,3,12-13,15H2,1-2H3,(H2,31,32,33). The van der Waals surface area contributed by atoms with Crippen molar-refractivity contribution in [2.75, 3.05) is 31.0 Å². The molecule has 2 aromatic carbocycles. The number of methoxy groups -OCH3 is 1. The van der Waals surface area contributed by atoms with E-state index in [4.69, 9.17) is 21.1 Å². The predicted octanol–water partition coefficient (Wildman–Crippen LogP) is 7.41. The molecule has 1 heterocycles. The van der Waals surface area contributed by atoms with Crippen LogP contribution in [-0.4, -0.2) is 31.3 Å². The maximum Gasteiger partial charge on any atom is 0.417 e. The number of hydrogen-bond acceptors (Lipinski definition) is 5. The van der Waals surface area contributed by atoms with Crippen LogP contribution in [0.3, 0.4) is 0 Å². The minimum absolute atomic E-state index is 0.0239. The van der Waals surface area contributed by atoms with Gasteiger partial charge in [0, 0.05) is 53.9 Å². The Morgan fingerprint density at radius 3 is 2.44 bits per heavy atom. The van der Waals surface area contributed by atoms with Crippen LogP contribution in [0.25, 0.3) is 0 Å². The lowest BCUT2D eigenvalue weighted by Crippen LogP contribution is -2.19. The number of rotatable bonds is 10. The molecule has 0 atom stereocenters. The van der Waals surface area contributed by atoms with Gasteiger partial charge >= 0.3 is 12.2 Å². The van der Waals surface area contributed by atoms with Gasteiger partial charge in [-0.15, -0.1) is 11.8 Å². The summed E-state index contributed by atoms with van der Waals surface area (Å²) in [6.45, 7) is 3.17. The van der Waals surface area contributed by atoms with Crippen molar-refractivity contribution in [3.05, 3.63) is 76.6 Å². The number of hydrogen-bond donors (Lipinski definition) is 2. The number of alkyl halides is 3. The quantitative estimate of drug-likeness (QED) is 0.207. The van der Waals surface area contributed by atoms with Crippen LogP contribution < -0.4 is 15.4 Å². The molecule has 0 aliphatic rings. The van der Waals surface area contributed by atoms with E-state index in [1.54, 1.807) is 37.2 Å². The van der Waals surface area contributed by atoms with E-state index in [0.717, 1.165) is 40.5 Å². The summed E-state index contributed by atoms with van der Waals surface area (Å²) in [4.78, 5) is 17.6. The van der Waals surface area contributed by atoms with Crippen molar-refractivity contribution >= 4 is 40.8 Å². The maximum atomic E-state index is 13.0. The highest BCUT2D eigenvalue weighted by Gasteiger charge is 2.33. The molecule has 2 N–H and O–H groups in total. The van der Waals surface area contributed by atoms with Crippen LogP contribution in [0.5, 0.6) is 5.75 Å². The minimum atomic E-state index is -4.62. The highest BCUT2D eigenvalue weighted by Crippen LogP contribution is 2.36. The lowest BCUT2D eigenvalue weighted by Gasteiger charge is -2.13. The zero-order chi connectivity index (χ0) is 26.1. The van der Waals surface area contributed by atoms with Crippen molar-refractivity contribution in [2.45, 2.75) is 30.2 Å². The van der Waals surface area contributed by atoms with Crippen molar-refractivity contribution in [1.29, 1.82) is 0 Å². The Morgan fingerprint density at radius 2 is 1.75 bits per heavy atom. The fourth-order valence-electron chi connectivity index (χ4n) is 3.15. The molecule has 192 valence electrons. The Morgan fingerprint density at radius 1 is 1.06 bits per heavy atom. The number of carbonyl (C=O) groups is 1. The second-order valence-electron chi connectivity index (χ2n) is 7.66. The summed E-state index contributed by atoms with van der Waals surface area (Å²) in [6.07, 6.45) is -2.10. The van der Waals surface area contributed by atoms with Crippen LogP contribution in [0.2, 0.25) is 5.02 Å². The van der Waals surface area contributed by atoms with Gasteiger partial charge in [0.15, 0.2) is 0 Å². The summed E-state index contributed by atoms with van der Waals surface area (Å²) in [6, 6.07) is 11.4. The summed E-state index contributed by atoms with van der Waals surface area (Å²) in [5.41, 5.74) is 1.34. The van der Waals surface area contributed by atoms with E-state index in [0.29, 0.717) is 24.7 Å². The van der Waals surface area contributed by atoms with E-state index in [1.807, 2.05) is 25.1 Å². The first-order valence-electron chi connectivity index (χ1n) is 10.9. The molecule has 0 unspecified atom stereocenters. The largest absolute Gasteiger partial charge is 0.493 e. The molecule has 0 bridgehead atoms. The van der Waals surface area contributed by atoms with Crippen molar-refractivity contribution in [3.8, 4) is 5.75 Å². The van der Waals surface area contributed by atoms with E-state index in [-0.39, 0.29) is 5.69 Å². The Bertz CT molecular complexity index is 1180. The number of nitrogens with zero attached hydrogens (tertiary/aromatic N) is 1. The van der Waals surface area contributed by atoms with Gasteiger partial charge in [0.1, 0.15) is 5.75 Å². The van der Waals surface area contributed by atoms with Gasteiger partial charge in [0.2, 0.25) is 0 Å². The van der Waals surface area contributed by atoms with Gasteiger partial charge in [-0.05, 0) is 55.5 Å². The number of urea groups is 1. The fourth-order valence-corrected chi connectivity index (χ4v) is 4.29. The number of anilines is 2. The first-order chi connectivity index (χ1) is 17.2. The Labute approximate surface area is 216 Å². The summed E-state index contributed by atoms with van der Waals surface area (Å²) < 4.78 is 49.9. The first kappa shape index (κ1) is 27.6. The highest BCUT2D eigenvalue weighted by atomic mass is 35.5. The maximum absolute atomic E-state index is 13.0. The fraction of sp³-hybridized carbons (Fsp3) is 0.280. The van der Waals surface area contributed by atoms with Gasteiger partial charge in [-0.2, -0.15) is 13.2 Å². The number of ether oxygens (including phenoxy) is 2. The monoisotopic (exact) mass is 539 g/mol. The third-order valence-corrected chi connectivity index (χ3v) is 6.38. The number of halogens is 4. The topological polar surface area (TPSA) is 72.5 Å². The van der Waals surface area contributed by atoms with Crippen LogP contribution >= 0.6 is 23.4 Å². The number of pyridine rings is 1. The van der Waals surface area contributed by atoms with E-state index < -0.39 is 22.8 Å². The highest BCUT2D eigenvalue weighted by molar-refractivity contribution is 7.98. The van der Waals surface area contributed by atoms with E-state index in [9.17, 15) is 18.0 Å². The van der Waals surface area contributed by atoms with Gasteiger partial charge in [-0.3, -0.25) is 4.98 Å². The average Bonchev–Trinajstić information content (AvgIpc) is 2.83. The van der Waals surface area contributed by atoms with Crippen LogP contribution in [0, 0.1) is 6.92 Å². The van der Waals surface area contributed by atoms with Gasteiger partial charge in [-0.25, -0.2) is 4.79 Å². The van der Waals surface area contributed by atoms with Crippen LogP contribution in [0.15, 0.2) is 59.6 Å². The molecule has 0 aliphatic carbocycles. The average molecular weight is 540 g/mol. The molecule has 2 amide bonds. The van der Waals surface area contributed by atoms with Gasteiger partial charge in [-0.1, -0.05) is 11.6 Å². The Hall–Kier alpha value is -2.95. The number of aromatic nitrogens is 1. The van der Waals surface area contributed by atoms with E-state index >= 15 is 0 Å². The predicted molar refractivity (Wildman–Crippen MR) is 136 cm³/mol. The second-order valence-corrected chi connectivity index (χ2v) is 9.12. The van der Waals surface area contributed by atoms with Crippen molar-refractivity contribution < 1.29 is 27.4 Å². The molecule has 3 aromatic rings. The number of thioether (sulfide) groups is 1. The molecule has 0 saturated heterocycles. The zero-order valence-corrected chi connectivity index (χ0v) is 21.2. The number of nitrogens with one attached hydrogen (secondary N) is 2. The zero-order valence-electron chi connectivity index (χ0n) is 19.6. The molecule has 0 saturated carbocycles. The summed E-state index contributed by atoms with van der Waals surface area (Å²) in [5, 5.41) is 4.54. The lowest BCUT2D eigenvalue weighted by atomic mass is 10.2. The molecule has 6 nitrogen and oxygen atoms in total. The smallest absolute Gasteiger partial charge is 0.417 e. The van der Waals surface area contributed by atoms with E-state index in [1.165, 1.54) is 6.07 Å². The minimum Gasteiger partial charge on any atom is -0.493 e. The number of carbonyl (C=O) groups excluding carboxylic acids is 1. The van der Waals surface area contributed by atoms with Crippen LogP contribution in [-0.2, 0) is 16.7 Å². The summed E-state index contributed by atoms with van der Waals surface area (Å²) >= 11 is 7.19. The van der Waals surface area contributed by atoms with Crippen molar-refractivity contribution in [1.82, 2.24) is 4.98 Å². The molecule has 36 heavy (non-hydrogen) atoms. The molecule has 3 rings (SSSR count). The van der Waals surface area contributed by atoms with Gasteiger partial charge < -0.3 is 20.1 Å². The third-order valence-electron chi connectivity index (χ3n) is 5.03. The molecule has 11 heteroatoms. The Balaban J connectivity index is 1.54. The summed E-state index contributed by atoms with van der Waals surface area (Å²) in [7, 11) is 1.65. The lowest BCUT2D eigenvalue weighted by molar-refractivity contribution is -0.137. The second kappa shape index (κ2) is 12.8. The molecule has 0 radical (unpaired) electrons. The Kier molecular flexibility index (Phi) is 9.86.